The van der Waals surface area contributed by atoms with Crippen LogP contribution < -0.4 is 4.90 Å². The van der Waals surface area contributed by atoms with E-state index in [0.717, 1.165) is 46.5 Å². The summed E-state index contributed by atoms with van der Waals surface area (Å²) < 4.78 is 0. The smallest absolute Gasteiger partial charge is 0.308 e. The van der Waals surface area contributed by atoms with E-state index in [2.05, 4.69) is 33.9 Å². The number of fused-ring (bicyclic) bond motifs is 1. The molecule has 0 bridgehead atoms. The van der Waals surface area contributed by atoms with Crippen LogP contribution in [-0.2, 0) is 4.79 Å². The third-order valence-electron chi connectivity index (χ3n) is 4.78. The summed E-state index contributed by atoms with van der Waals surface area (Å²) in [5, 5.41) is 10.4. The molecule has 3 aromatic rings. The first-order valence-corrected chi connectivity index (χ1v) is 9.24. The van der Waals surface area contributed by atoms with Crippen molar-refractivity contribution >= 4 is 33.3 Å². The van der Waals surface area contributed by atoms with E-state index in [1.165, 1.54) is 4.88 Å². The van der Waals surface area contributed by atoms with Crippen LogP contribution in [0.5, 0.6) is 0 Å². The molecule has 0 amide bonds. The van der Waals surface area contributed by atoms with Gasteiger partial charge >= 0.3 is 5.97 Å². The quantitative estimate of drug-likeness (QED) is 0.772. The van der Waals surface area contributed by atoms with Crippen molar-refractivity contribution in [3.63, 3.8) is 0 Å². The SMILES string of the molecule is Cc1sc2ncnc(N3CCCC(C(=O)O)C3)c2c1-c1ccccc1. The van der Waals surface area contributed by atoms with Crippen molar-refractivity contribution in [1.82, 2.24) is 9.97 Å². The van der Waals surface area contributed by atoms with E-state index in [-0.39, 0.29) is 5.92 Å². The highest BCUT2D eigenvalue weighted by Gasteiger charge is 2.28. The summed E-state index contributed by atoms with van der Waals surface area (Å²) in [6.07, 6.45) is 3.19. The molecular formula is C19H19N3O2S. The van der Waals surface area contributed by atoms with E-state index >= 15 is 0 Å². The Bertz CT molecular complexity index is 923. The summed E-state index contributed by atoms with van der Waals surface area (Å²) in [5.74, 6) is -0.197. The molecule has 1 aliphatic heterocycles. The fraction of sp³-hybridized carbons (Fsp3) is 0.316. The molecule has 128 valence electrons. The Morgan fingerprint density at radius 3 is 2.84 bits per heavy atom. The fourth-order valence-electron chi connectivity index (χ4n) is 3.59. The number of carboxylic acids is 1. The van der Waals surface area contributed by atoms with Crippen LogP contribution in [0.25, 0.3) is 21.3 Å². The van der Waals surface area contributed by atoms with Gasteiger partial charge in [0, 0.05) is 23.5 Å². The van der Waals surface area contributed by atoms with Crippen molar-refractivity contribution in [2.75, 3.05) is 18.0 Å². The number of hydrogen-bond acceptors (Lipinski definition) is 5. The van der Waals surface area contributed by atoms with Gasteiger partial charge in [-0.25, -0.2) is 9.97 Å². The molecule has 1 fully saturated rings. The molecule has 0 saturated carbocycles. The van der Waals surface area contributed by atoms with Crippen LogP contribution >= 0.6 is 11.3 Å². The molecule has 1 unspecified atom stereocenters. The lowest BCUT2D eigenvalue weighted by Gasteiger charge is -2.32. The van der Waals surface area contributed by atoms with Crippen LogP contribution in [-0.4, -0.2) is 34.1 Å². The number of aryl methyl sites for hydroxylation is 1. The highest BCUT2D eigenvalue weighted by Crippen LogP contribution is 2.41. The second-order valence-electron chi connectivity index (χ2n) is 6.40. The molecule has 1 aliphatic rings. The van der Waals surface area contributed by atoms with Gasteiger partial charge in [-0.15, -0.1) is 11.3 Å². The number of carboxylic acid groups (broad SMARTS) is 1. The number of benzene rings is 1. The highest BCUT2D eigenvalue weighted by atomic mass is 32.1. The molecule has 1 aromatic carbocycles. The van der Waals surface area contributed by atoms with Gasteiger partial charge in [0.25, 0.3) is 0 Å². The van der Waals surface area contributed by atoms with Crippen LogP contribution in [0.2, 0.25) is 0 Å². The minimum absolute atomic E-state index is 0.335. The van der Waals surface area contributed by atoms with Crippen LogP contribution in [0.4, 0.5) is 5.82 Å². The Kier molecular flexibility index (Phi) is 4.13. The lowest BCUT2D eigenvalue weighted by molar-refractivity contribution is -0.141. The van der Waals surface area contributed by atoms with Crippen LogP contribution in [0.1, 0.15) is 17.7 Å². The molecule has 5 nitrogen and oxygen atoms in total. The van der Waals surface area contributed by atoms with E-state index in [4.69, 9.17) is 0 Å². The van der Waals surface area contributed by atoms with Crippen LogP contribution in [0.15, 0.2) is 36.7 Å². The van der Waals surface area contributed by atoms with Crippen molar-refractivity contribution in [2.45, 2.75) is 19.8 Å². The average Bonchev–Trinajstić information content (AvgIpc) is 2.98. The highest BCUT2D eigenvalue weighted by molar-refractivity contribution is 7.19. The summed E-state index contributed by atoms with van der Waals surface area (Å²) in [5.41, 5.74) is 2.31. The number of rotatable bonds is 3. The number of thiophene rings is 1. The Balaban J connectivity index is 1.86. The first-order valence-electron chi connectivity index (χ1n) is 8.42. The maximum absolute atomic E-state index is 11.4. The first kappa shape index (κ1) is 16.0. The van der Waals surface area contributed by atoms with Crippen LogP contribution in [0, 0.1) is 12.8 Å². The van der Waals surface area contributed by atoms with Gasteiger partial charge in [0.05, 0.1) is 11.3 Å². The number of carbonyl (C=O) groups is 1. The third kappa shape index (κ3) is 2.87. The molecule has 6 heteroatoms. The average molecular weight is 353 g/mol. The van der Waals surface area contributed by atoms with Gasteiger partial charge < -0.3 is 10.0 Å². The molecule has 1 atom stereocenters. The van der Waals surface area contributed by atoms with E-state index in [1.54, 1.807) is 17.7 Å². The van der Waals surface area contributed by atoms with Crippen molar-refractivity contribution in [2.24, 2.45) is 5.92 Å². The van der Waals surface area contributed by atoms with Crippen molar-refractivity contribution in [3.05, 3.63) is 41.5 Å². The summed E-state index contributed by atoms with van der Waals surface area (Å²) in [6.45, 7) is 3.44. The molecule has 3 heterocycles. The van der Waals surface area contributed by atoms with E-state index in [1.807, 2.05) is 18.2 Å². The largest absolute Gasteiger partial charge is 0.481 e. The fourth-order valence-corrected chi connectivity index (χ4v) is 4.60. The van der Waals surface area contributed by atoms with E-state index in [9.17, 15) is 9.90 Å². The molecule has 4 rings (SSSR count). The maximum atomic E-state index is 11.4. The van der Waals surface area contributed by atoms with Gasteiger partial charge in [0.1, 0.15) is 17.0 Å². The Morgan fingerprint density at radius 2 is 2.08 bits per heavy atom. The monoisotopic (exact) mass is 353 g/mol. The van der Waals surface area contributed by atoms with Gasteiger partial charge in [-0.05, 0) is 25.3 Å². The minimum atomic E-state index is -0.722. The molecule has 1 N–H and O–H groups in total. The lowest BCUT2D eigenvalue weighted by Crippen LogP contribution is -2.39. The minimum Gasteiger partial charge on any atom is -0.481 e. The van der Waals surface area contributed by atoms with Gasteiger partial charge in [0.15, 0.2) is 0 Å². The summed E-state index contributed by atoms with van der Waals surface area (Å²) in [7, 11) is 0. The molecule has 1 saturated heterocycles. The number of aliphatic carboxylic acids is 1. The number of hydrogen-bond donors (Lipinski definition) is 1. The summed E-state index contributed by atoms with van der Waals surface area (Å²) >= 11 is 1.66. The zero-order valence-corrected chi connectivity index (χ0v) is 14.8. The summed E-state index contributed by atoms with van der Waals surface area (Å²) in [4.78, 5) is 24.7. The topological polar surface area (TPSA) is 66.3 Å². The maximum Gasteiger partial charge on any atom is 0.308 e. The Hall–Kier alpha value is -2.47. The lowest BCUT2D eigenvalue weighted by atomic mass is 9.97. The van der Waals surface area contributed by atoms with Gasteiger partial charge in [-0.1, -0.05) is 30.3 Å². The molecular weight excluding hydrogens is 334 g/mol. The zero-order valence-electron chi connectivity index (χ0n) is 14.0. The molecule has 0 spiro atoms. The molecule has 25 heavy (non-hydrogen) atoms. The first-order chi connectivity index (χ1) is 12.1. The van der Waals surface area contributed by atoms with Crippen molar-refractivity contribution in [1.29, 1.82) is 0 Å². The number of nitrogens with zero attached hydrogens (tertiary/aromatic N) is 3. The van der Waals surface area contributed by atoms with Crippen molar-refractivity contribution in [3.8, 4) is 11.1 Å². The zero-order chi connectivity index (χ0) is 17.4. The van der Waals surface area contributed by atoms with Gasteiger partial charge in [-0.3, -0.25) is 4.79 Å². The predicted molar refractivity (Wildman–Crippen MR) is 100 cm³/mol. The molecule has 0 aliphatic carbocycles. The predicted octanol–water partition coefficient (Wildman–Crippen LogP) is 3.97. The Labute approximate surface area is 150 Å². The second-order valence-corrected chi connectivity index (χ2v) is 7.60. The third-order valence-corrected chi connectivity index (χ3v) is 5.79. The normalized spacial score (nSPS) is 17.8. The van der Waals surface area contributed by atoms with E-state index < -0.39 is 5.97 Å². The molecule has 0 radical (unpaired) electrons. The van der Waals surface area contributed by atoms with Crippen molar-refractivity contribution < 1.29 is 9.90 Å². The second kappa shape index (κ2) is 6.44. The Morgan fingerprint density at radius 1 is 1.28 bits per heavy atom. The number of anilines is 1. The van der Waals surface area contributed by atoms with E-state index in [0.29, 0.717) is 6.54 Å². The van der Waals surface area contributed by atoms with Gasteiger partial charge in [-0.2, -0.15) is 0 Å². The van der Waals surface area contributed by atoms with Crippen LogP contribution in [0.3, 0.4) is 0 Å². The van der Waals surface area contributed by atoms with Gasteiger partial charge in [0.2, 0.25) is 0 Å². The standard InChI is InChI=1S/C19H19N3O2S/c1-12-15(13-6-3-2-4-7-13)16-17(20-11-21-18(16)25-12)22-9-5-8-14(10-22)19(23)24/h2-4,6-7,11,14H,5,8-10H2,1H3,(H,23,24). The molecule has 2 aromatic heterocycles. The number of piperidine rings is 1. The number of aromatic nitrogens is 2. The summed E-state index contributed by atoms with van der Waals surface area (Å²) in [6, 6.07) is 10.3.